The molecule has 0 unspecified atom stereocenters. The second-order valence-electron chi connectivity index (χ2n) is 7.52. The van der Waals surface area contributed by atoms with Crippen LogP contribution in [0.2, 0.25) is 0 Å². The molecule has 0 aliphatic rings. The molecule has 0 N–H and O–H groups in total. The van der Waals surface area contributed by atoms with E-state index in [2.05, 4.69) is 24.3 Å². The molecule has 31 heavy (non-hydrogen) atoms. The number of fused-ring (bicyclic) bond motifs is 1. The van der Waals surface area contributed by atoms with Crippen LogP contribution in [0.4, 0.5) is 0 Å². The third-order valence-electron chi connectivity index (χ3n) is 5.35. The zero-order valence-corrected chi connectivity index (χ0v) is 18.7. The molecule has 5 nitrogen and oxygen atoms in total. The summed E-state index contributed by atoms with van der Waals surface area (Å²) in [6, 6.07) is 17.9. The number of methoxy groups -OCH3 is 1. The maximum absolute atomic E-state index is 13.8. The lowest BCUT2D eigenvalue weighted by Gasteiger charge is -2.13. The van der Waals surface area contributed by atoms with Crippen LogP contribution in [-0.4, -0.2) is 22.6 Å². The van der Waals surface area contributed by atoms with Crippen LogP contribution < -0.4 is 5.56 Å². The zero-order chi connectivity index (χ0) is 22.0. The molecule has 6 heteroatoms. The molecule has 2 heterocycles. The van der Waals surface area contributed by atoms with Gasteiger partial charge in [0.25, 0.3) is 5.56 Å². The Labute approximate surface area is 185 Å². The molecular formula is C25H24N2O3S. The van der Waals surface area contributed by atoms with Gasteiger partial charge in [-0.15, -0.1) is 11.3 Å². The van der Waals surface area contributed by atoms with Crippen LogP contribution in [0.5, 0.6) is 0 Å². The van der Waals surface area contributed by atoms with Gasteiger partial charge in [-0.25, -0.2) is 4.98 Å². The Morgan fingerprint density at radius 2 is 1.74 bits per heavy atom. The van der Waals surface area contributed by atoms with E-state index >= 15 is 0 Å². The van der Waals surface area contributed by atoms with Gasteiger partial charge in [-0.05, 0) is 25.8 Å². The van der Waals surface area contributed by atoms with Crippen LogP contribution in [0, 0.1) is 13.8 Å². The highest BCUT2D eigenvalue weighted by molar-refractivity contribution is 7.19. The van der Waals surface area contributed by atoms with E-state index in [4.69, 9.17) is 9.72 Å². The number of esters is 1. The summed E-state index contributed by atoms with van der Waals surface area (Å²) >= 11 is 1.54. The average molecular weight is 433 g/mol. The first-order valence-corrected chi connectivity index (χ1v) is 11.0. The van der Waals surface area contributed by atoms with E-state index in [0.29, 0.717) is 24.2 Å². The van der Waals surface area contributed by atoms with Gasteiger partial charge in [-0.3, -0.25) is 14.2 Å². The third-order valence-corrected chi connectivity index (χ3v) is 6.35. The summed E-state index contributed by atoms with van der Waals surface area (Å²) in [7, 11) is 1.37. The predicted octanol–water partition coefficient (Wildman–Crippen LogP) is 5.36. The molecule has 0 atom stereocenters. The van der Waals surface area contributed by atoms with E-state index < -0.39 is 0 Å². The molecule has 0 aliphatic heterocycles. The predicted molar refractivity (Wildman–Crippen MR) is 125 cm³/mol. The van der Waals surface area contributed by atoms with Crippen molar-refractivity contribution in [2.24, 2.45) is 0 Å². The van der Waals surface area contributed by atoms with Gasteiger partial charge in [0.05, 0.1) is 12.5 Å². The summed E-state index contributed by atoms with van der Waals surface area (Å²) in [6.45, 7) is 4.47. The molecule has 4 aromatic rings. The van der Waals surface area contributed by atoms with Gasteiger partial charge in [0.2, 0.25) is 0 Å². The normalized spacial score (nSPS) is 11.1. The quantitative estimate of drug-likeness (QED) is 0.385. The Kier molecular flexibility index (Phi) is 6.00. The molecule has 0 saturated heterocycles. The van der Waals surface area contributed by atoms with E-state index in [-0.39, 0.29) is 17.9 Å². The molecule has 2 aromatic carbocycles. The molecule has 0 bridgehead atoms. The van der Waals surface area contributed by atoms with Crippen molar-refractivity contribution in [3.8, 4) is 22.5 Å². The van der Waals surface area contributed by atoms with Crippen molar-refractivity contribution in [2.75, 3.05) is 7.11 Å². The van der Waals surface area contributed by atoms with E-state index in [0.717, 1.165) is 26.4 Å². The largest absolute Gasteiger partial charge is 0.469 e. The van der Waals surface area contributed by atoms with Crippen molar-refractivity contribution in [1.29, 1.82) is 0 Å². The Morgan fingerprint density at radius 1 is 1.03 bits per heavy atom. The SMILES string of the molecule is COC(=O)CCCn1c(-c2ccccc2)nc2sc(C)c(-c3ccc(C)cc3)c2c1=O. The minimum absolute atomic E-state index is 0.0753. The number of carbonyl (C=O) groups excluding carboxylic acids is 1. The number of benzene rings is 2. The van der Waals surface area contributed by atoms with Gasteiger partial charge >= 0.3 is 5.97 Å². The van der Waals surface area contributed by atoms with E-state index in [9.17, 15) is 9.59 Å². The van der Waals surface area contributed by atoms with Crippen molar-refractivity contribution < 1.29 is 9.53 Å². The van der Waals surface area contributed by atoms with Crippen LogP contribution >= 0.6 is 11.3 Å². The highest BCUT2D eigenvalue weighted by Crippen LogP contribution is 2.36. The van der Waals surface area contributed by atoms with Crippen molar-refractivity contribution in [3.05, 3.63) is 75.4 Å². The number of rotatable bonds is 6. The van der Waals surface area contributed by atoms with E-state index in [1.807, 2.05) is 44.2 Å². The first-order valence-electron chi connectivity index (χ1n) is 10.2. The summed E-state index contributed by atoms with van der Waals surface area (Å²) in [5.74, 6) is 0.342. The van der Waals surface area contributed by atoms with Crippen molar-refractivity contribution in [1.82, 2.24) is 9.55 Å². The Bertz CT molecular complexity index is 1290. The van der Waals surface area contributed by atoms with Crippen LogP contribution in [0.25, 0.3) is 32.7 Å². The standard InChI is InChI=1S/C25H24N2O3S/c1-16-11-13-18(14-12-16)21-17(2)31-24-22(21)25(29)27(15-7-10-20(28)30-3)23(26-24)19-8-5-4-6-9-19/h4-6,8-9,11-14H,7,10,15H2,1-3H3. The first kappa shape index (κ1) is 21.0. The summed E-state index contributed by atoms with van der Waals surface area (Å²) < 4.78 is 6.45. The molecule has 0 radical (unpaired) electrons. The van der Waals surface area contributed by atoms with Gasteiger partial charge in [0.15, 0.2) is 0 Å². The van der Waals surface area contributed by atoms with E-state index in [1.54, 1.807) is 15.9 Å². The fourth-order valence-corrected chi connectivity index (χ4v) is 4.80. The maximum atomic E-state index is 13.8. The van der Waals surface area contributed by atoms with Crippen molar-refractivity contribution in [2.45, 2.75) is 33.2 Å². The third kappa shape index (κ3) is 4.16. The summed E-state index contributed by atoms with van der Waals surface area (Å²) in [4.78, 5) is 32.1. The fraction of sp³-hybridized carbons (Fsp3) is 0.240. The van der Waals surface area contributed by atoms with Gasteiger partial charge < -0.3 is 4.74 Å². The van der Waals surface area contributed by atoms with Crippen LogP contribution in [-0.2, 0) is 16.1 Å². The lowest BCUT2D eigenvalue weighted by molar-refractivity contribution is -0.140. The van der Waals surface area contributed by atoms with Gasteiger partial charge in [0.1, 0.15) is 10.7 Å². The molecule has 0 amide bonds. The molecule has 0 saturated carbocycles. The smallest absolute Gasteiger partial charge is 0.305 e. The summed E-state index contributed by atoms with van der Waals surface area (Å²) in [6.07, 6.45) is 0.755. The molecule has 4 rings (SSSR count). The van der Waals surface area contributed by atoms with Gasteiger partial charge in [-0.1, -0.05) is 60.2 Å². The molecule has 0 spiro atoms. The molecule has 2 aromatic heterocycles. The highest BCUT2D eigenvalue weighted by Gasteiger charge is 2.20. The summed E-state index contributed by atoms with van der Waals surface area (Å²) in [5.41, 5.74) is 3.93. The number of hydrogen-bond donors (Lipinski definition) is 0. The molecular weight excluding hydrogens is 408 g/mol. The average Bonchev–Trinajstić information content (AvgIpc) is 3.12. The minimum Gasteiger partial charge on any atom is -0.469 e. The van der Waals surface area contributed by atoms with Crippen LogP contribution in [0.15, 0.2) is 59.4 Å². The van der Waals surface area contributed by atoms with Crippen LogP contribution in [0.1, 0.15) is 23.3 Å². The van der Waals surface area contributed by atoms with Crippen LogP contribution in [0.3, 0.4) is 0 Å². The topological polar surface area (TPSA) is 61.2 Å². The number of carbonyl (C=O) groups is 1. The molecule has 0 aliphatic carbocycles. The minimum atomic E-state index is -0.282. The molecule has 158 valence electrons. The zero-order valence-electron chi connectivity index (χ0n) is 17.8. The van der Waals surface area contributed by atoms with Gasteiger partial charge in [-0.2, -0.15) is 0 Å². The Hall–Kier alpha value is -3.25. The number of aryl methyl sites for hydroxylation is 2. The second kappa shape index (κ2) is 8.86. The Balaban J connectivity index is 1.91. The number of ether oxygens (including phenoxy) is 1. The lowest BCUT2D eigenvalue weighted by Crippen LogP contribution is -2.24. The molecule has 0 fully saturated rings. The monoisotopic (exact) mass is 432 g/mol. The number of hydrogen-bond acceptors (Lipinski definition) is 5. The fourth-order valence-electron chi connectivity index (χ4n) is 3.76. The second-order valence-corrected chi connectivity index (χ2v) is 8.72. The first-order chi connectivity index (χ1) is 15.0. The summed E-state index contributed by atoms with van der Waals surface area (Å²) in [5, 5.41) is 0.643. The maximum Gasteiger partial charge on any atom is 0.305 e. The number of nitrogens with zero attached hydrogens (tertiary/aromatic N) is 2. The van der Waals surface area contributed by atoms with Crippen molar-refractivity contribution >= 4 is 27.5 Å². The van der Waals surface area contributed by atoms with Gasteiger partial charge in [0, 0.05) is 29.0 Å². The van der Waals surface area contributed by atoms with Crippen molar-refractivity contribution in [3.63, 3.8) is 0 Å². The highest BCUT2D eigenvalue weighted by atomic mass is 32.1. The Morgan fingerprint density at radius 3 is 2.42 bits per heavy atom. The number of thiophene rings is 1. The number of aromatic nitrogens is 2. The lowest BCUT2D eigenvalue weighted by atomic mass is 10.0. The van der Waals surface area contributed by atoms with E-state index in [1.165, 1.54) is 12.7 Å².